The van der Waals surface area contributed by atoms with Crippen LogP contribution in [0.1, 0.15) is 51.9 Å². The summed E-state index contributed by atoms with van der Waals surface area (Å²) in [5, 5.41) is 6.82. The first-order chi connectivity index (χ1) is 12.7. The van der Waals surface area contributed by atoms with Gasteiger partial charge in [-0.2, -0.15) is 0 Å². The molecule has 1 aliphatic heterocycles. The molecule has 2 unspecified atom stereocenters. The van der Waals surface area contributed by atoms with E-state index in [4.69, 9.17) is 14.5 Å². The van der Waals surface area contributed by atoms with Gasteiger partial charge < -0.3 is 25.0 Å². The van der Waals surface area contributed by atoms with Crippen molar-refractivity contribution in [3.8, 4) is 0 Å². The average molecular weight is 496 g/mol. The first-order valence-corrected chi connectivity index (χ1v) is 10.6. The van der Waals surface area contributed by atoms with Gasteiger partial charge in [0.2, 0.25) is 0 Å². The van der Waals surface area contributed by atoms with Crippen molar-refractivity contribution in [1.29, 1.82) is 0 Å². The number of ether oxygens (including phenoxy) is 2. The smallest absolute Gasteiger partial charge is 0.191 e. The van der Waals surface area contributed by atoms with Gasteiger partial charge in [0.05, 0.1) is 19.3 Å². The van der Waals surface area contributed by atoms with Gasteiger partial charge in [-0.15, -0.1) is 24.0 Å². The molecule has 0 bridgehead atoms. The lowest BCUT2D eigenvalue weighted by atomic mass is 9.83. The van der Waals surface area contributed by atoms with Gasteiger partial charge in [0, 0.05) is 32.3 Å². The molecular formula is C20H41IN4O2. The summed E-state index contributed by atoms with van der Waals surface area (Å²) in [4.78, 5) is 7.24. The molecule has 2 atom stereocenters. The largest absolute Gasteiger partial charge is 0.379 e. The molecule has 1 heterocycles. The second-order valence-electron chi connectivity index (χ2n) is 7.79. The Balaban J connectivity index is 0.00000364. The first-order valence-electron chi connectivity index (χ1n) is 10.6. The summed E-state index contributed by atoms with van der Waals surface area (Å²) in [6.07, 6.45) is 9.18. The SMILES string of the molecule is CCNC(=NCC(C1CCCCC1)N(C)C)NCCCOC1CCOC1.I. The number of nitrogens with zero attached hydrogens (tertiary/aromatic N) is 2. The number of guanidine groups is 1. The number of likely N-dealkylation sites (N-methyl/N-ethyl adjacent to an activating group) is 1. The molecule has 7 heteroatoms. The molecule has 1 aliphatic carbocycles. The van der Waals surface area contributed by atoms with E-state index in [1.807, 2.05) is 0 Å². The molecule has 2 aliphatic rings. The zero-order valence-corrected chi connectivity index (χ0v) is 19.9. The van der Waals surface area contributed by atoms with Gasteiger partial charge in [0.15, 0.2) is 5.96 Å². The third-order valence-corrected chi connectivity index (χ3v) is 5.49. The molecule has 0 spiro atoms. The molecule has 0 aromatic carbocycles. The van der Waals surface area contributed by atoms with Crippen LogP contribution in [-0.2, 0) is 9.47 Å². The predicted molar refractivity (Wildman–Crippen MR) is 123 cm³/mol. The minimum Gasteiger partial charge on any atom is -0.379 e. The number of hydrogen-bond acceptors (Lipinski definition) is 4. The lowest BCUT2D eigenvalue weighted by Gasteiger charge is -2.34. The van der Waals surface area contributed by atoms with E-state index in [1.54, 1.807) is 0 Å². The molecule has 160 valence electrons. The normalized spacial score (nSPS) is 22.5. The van der Waals surface area contributed by atoms with Gasteiger partial charge in [-0.05, 0) is 52.6 Å². The molecule has 1 saturated heterocycles. The van der Waals surface area contributed by atoms with Crippen molar-refractivity contribution in [2.45, 2.75) is 64.0 Å². The van der Waals surface area contributed by atoms with Crippen LogP contribution in [0.2, 0.25) is 0 Å². The van der Waals surface area contributed by atoms with Crippen LogP contribution < -0.4 is 10.6 Å². The quantitative estimate of drug-likeness (QED) is 0.211. The molecule has 6 nitrogen and oxygen atoms in total. The van der Waals surface area contributed by atoms with Crippen LogP contribution in [0, 0.1) is 5.92 Å². The van der Waals surface area contributed by atoms with Gasteiger partial charge in [-0.25, -0.2) is 0 Å². The van der Waals surface area contributed by atoms with E-state index >= 15 is 0 Å². The summed E-state index contributed by atoms with van der Waals surface area (Å²) in [5.74, 6) is 1.71. The Morgan fingerprint density at radius 3 is 2.59 bits per heavy atom. The van der Waals surface area contributed by atoms with Crippen molar-refractivity contribution >= 4 is 29.9 Å². The molecule has 2 rings (SSSR count). The summed E-state index contributed by atoms with van der Waals surface area (Å²) >= 11 is 0. The zero-order valence-electron chi connectivity index (χ0n) is 17.5. The van der Waals surface area contributed by atoms with Crippen molar-refractivity contribution in [3.05, 3.63) is 0 Å². The Bertz CT molecular complexity index is 397. The molecule has 27 heavy (non-hydrogen) atoms. The highest BCUT2D eigenvalue weighted by atomic mass is 127. The van der Waals surface area contributed by atoms with Crippen LogP contribution in [0.5, 0.6) is 0 Å². The van der Waals surface area contributed by atoms with E-state index in [-0.39, 0.29) is 24.0 Å². The van der Waals surface area contributed by atoms with Crippen molar-refractivity contribution in [2.24, 2.45) is 10.9 Å². The summed E-state index contributed by atoms with van der Waals surface area (Å²) in [5.41, 5.74) is 0. The van der Waals surface area contributed by atoms with E-state index in [9.17, 15) is 0 Å². The number of hydrogen-bond donors (Lipinski definition) is 2. The van der Waals surface area contributed by atoms with Crippen molar-refractivity contribution < 1.29 is 9.47 Å². The van der Waals surface area contributed by atoms with Crippen LogP contribution in [0.15, 0.2) is 4.99 Å². The molecular weight excluding hydrogens is 455 g/mol. The molecule has 0 aromatic rings. The van der Waals surface area contributed by atoms with Crippen molar-refractivity contribution in [1.82, 2.24) is 15.5 Å². The Labute approximate surface area is 183 Å². The molecule has 1 saturated carbocycles. The van der Waals surface area contributed by atoms with Crippen LogP contribution in [-0.4, -0.2) is 76.6 Å². The monoisotopic (exact) mass is 496 g/mol. The number of rotatable bonds is 10. The topological polar surface area (TPSA) is 58.1 Å². The number of halogens is 1. The van der Waals surface area contributed by atoms with Crippen LogP contribution in [0.25, 0.3) is 0 Å². The Kier molecular flexibility index (Phi) is 13.7. The number of nitrogens with one attached hydrogen (secondary N) is 2. The predicted octanol–water partition coefficient (Wildman–Crippen LogP) is 2.87. The van der Waals surface area contributed by atoms with Crippen molar-refractivity contribution in [2.75, 3.05) is 53.6 Å². The van der Waals surface area contributed by atoms with Gasteiger partial charge in [0.25, 0.3) is 0 Å². The fourth-order valence-electron chi connectivity index (χ4n) is 3.95. The highest BCUT2D eigenvalue weighted by Gasteiger charge is 2.25. The van der Waals surface area contributed by atoms with E-state index in [2.05, 4.69) is 36.6 Å². The Hall–Kier alpha value is -0.120. The Morgan fingerprint density at radius 2 is 1.96 bits per heavy atom. The first kappa shape index (κ1) is 24.9. The average Bonchev–Trinajstić information content (AvgIpc) is 3.15. The third-order valence-electron chi connectivity index (χ3n) is 5.49. The minimum absolute atomic E-state index is 0. The van der Waals surface area contributed by atoms with Crippen LogP contribution >= 0.6 is 24.0 Å². The zero-order chi connectivity index (χ0) is 18.6. The third kappa shape index (κ3) is 9.76. The van der Waals surface area contributed by atoms with Gasteiger partial charge >= 0.3 is 0 Å². The highest BCUT2D eigenvalue weighted by molar-refractivity contribution is 14.0. The van der Waals surface area contributed by atoms with Crippen LogP contribution in [0.4, 0.5) is 0 Å². The Morgan fingerprint density at radius 1 is 1.19 bits per heavy atom. The fraction of sp³-hybridized carbons (Fsp3) is 0.950. The molecule has 2 N–H and O–H groups in total. The standard InChI is InChI=1S/C20H40N4O2.HI/c1-4-21-20(22-12-8-13-26-18-11-14-25-16-18)23-15-19(24(2)3)17-9-6-5-7-10-17;/h17-19H,4-16H2,1-3H3,(H2,21,22,23);1H. The summed E-state index contributed by atoms with van der Waals surface area (Å²) in [7, 11) is 4.39. The molecule has 0 radical (unpaired) electrons. The van der Waals surface area contributed by atoms with E-state index in [1.165, 1.54) is 32.1 Å². The maximum absolute atomic E-state index is 5.82. The second-order valence-corrected chi connectivity index (χ2v) is 7.79. The van der Waals surface area contributed by atoms with E-state index in [0.717, 1.165) is 64.2 Å². The minimum atomic E-state index is 0. The molecule has 0 aromatic heterocycles. The maximum Gasteiger partial charge on any atom is 0.191 e. The summed E-state index contributed by atoms with van der Waals surface area (Å²) < 4.78 is 11.2. The number of aliphatic imine (C=N–C) groups is 1. The molecule has 0 amide bonds. The highest BCUT2D eigenvalue weighted by Crippen LogP contribution is 2.28. The fourth-order valence-corrected chi connectivity index (χ4v) is 3.95. The lowest BCUT2D eigenvalue weighted by Crippen LogP contribution is -2.42. The summed E-state index contributed by atoms with van der Waals surface area (Å²) in [6, 6.07) is 0.538. The van der Waals surface area contributed by atoms with Gasteiger partial charge in [0.1, 0.15) is 0 Å². The van der Waals surface area contributed by atoms with Gasteiger partial charge in [-0.3, -0.25) is 4.99 Å². The molecule has 2 fully saturated rings. The van der Waals surface area contributed by atoms with Crippen LogP contribution in [0.3, 0.4) is 0 Å². The maximum atomic E-state index is 5.82. The lowest BCUT2D eigenvalue weighted by molar-refractivity contribution is 0.0420. The van der Waals surface area contributed by atoms with E-state index in [0.29, 0.717) is 12.1 Å². The van der Waals surface area contributed by atoms with E-state index < -0.39 is 0 Å². The van der Waals surface area contributed by atoms with Gasteiger partial charge in [-0.1, -0.05) is 19.3 Å². The second kappa shape index (κ2) is 14.8. The van der Waals surface area contributed by atoms with Crippen molar-refractivity contribution in [3.63, 3.8) is 0 Å². The summed E-state index contributed by atoms with van der Waals surface area (Å²) in [6.45, 7) is 7.13.